The van der Waals surface area contributed by atoms with Gasteiger partial charge in [-0.15, -0.1) is 0 Å². The lowest BCUT2D eigenvalue weighted by molar-refractivity contribution is -0.147. The van der Waals surface area contributed by atoms with E-state index in [0.717, 1.165) is 12.1 Å². The van der Waals surface area contributed by atoms with Crippen molar-refractivity contribution >= 4 is 21.9 Å². The number of aliphatic carboxylic acids is 1. The topological polar surface area (TPSA) is 57.5 Å². The minimum atomic E-state index is -1.88. The Bertz CT molecular complexity index is 381. The smallest absolute Gasteiger partial charge is 0.337 e. The number of halogens is 3. The number of benzene rings is 1. The molecule has 6 heteroatoms. The number of carbonyl (C=O) groups is 1. The van der Waals surface area contributed by atoms with Crippen LogP contribution in [0.15, 0.2) is 16.6 Å². The minimum Gasteiger partial charge on any atom is -0.479 e. The maximum absolute atomic E-state index is 12.9. The second-order valence-corrected chi connectivity index (χ2v) is 3.30. The molecule has 0 fully saturated rings. The van der Waals surface area contributed by atoms with E-state index < -0.39 is 23.7 Å². The maximum Gasteiger partial charge on any atom is 0.337 e. The first-order chi connectivity index (χ1) is 6.45. The van der Waals surface area contributed by atoms with Gasteiger partial charge in [0.05, 0.1) is 4.47 Å². The fourth-order valence-corrected chi connectivity index (χ4v) is 1.42. The van der Waals surface area contributed by atoms with Crippen molar-refractivity contribution in [3.05, 3.63) is 33.8 Å². The largest absolute Gasteiger partial charge is 0.479 e. The van der Waals surface area contributed by atoms with E-state index in [9.17, 15) is 13.6 Å². The summed E-state index contributed by atoms with van der Waals surface area (Å²) in [6.45, 7) is 0. The lowest BCUT2D eigenvalue weighted by Gasteiger charge is -2.08. The average molecular weight is 267 g/mol. The second kappa shape index (κ2) is 4.02. The fourth-order valence-electron chi connectivity index (χ4n) is 0.885. The number of carboxylic acids is 1. The van der Waals surface area contributed by atoms with Crippen LogP contribution in [0.1, 0.15) is 11.7 Å². The van der Waals surface area contributed by atoms with E-state index in [4.69, 9.17) is 10.2 Å². The highest BCUT2D eigenvalue weighted by Crippen LogP contribution is 2.27. The van der Waals surface area contributed by atoms with Gasteiger partial charge in [0.15, 0.2) is 17.7 Å². The first-order valence-corrected chi connectivity index (χ1v) is 4.28. The Kier molecular flexibility index (Phi) is 3.17. The Balaban J connectivity index is 3.24. The highest BCUT2D eigenvalue weighted by Gasteiger charge is 2.22. The second-order valence-electron chi connectivity index (χ2n) is 2.51. The molecule has 0 aromatic heterocycles. The van der Waals surface area contributed by atoms with Crippen molar-refractivity contribution in [1.82, 2.24) is 0 Å². The van der Waals surface area contributed by atoms with Gasteiger partial charge in [-0.2, -0.15) is 0 Å². The zero-order valence-corrected chi connectivity index (χ0v) is 8.25. The van der Waals surface area contributed by atoms with E-state index in [0.29, 0.717) is 0 Å². The van der Waals surface area contributed by atoms with Gasteiger partial charge in [-0.05, 0) is 22.0 Å². The number of aliphatic hydroxyl groups excluding tert-OH is 1. The number of hydrogen-bond acceptors (Lipinski definition) is 2. The maximum atomic E-state index is 12.9. The quantitative estimate of drug-likeness (QED) is 0.804. The Morgan fingerprint density at radius 1 is 1.43 bits per heavy atom. The van der Waals surface area contributed by atoms with Gasteiger partial charge in [-0.3, -0.25) is 0 Å². The molecule has 1 aromatic rings. The molecule has 0 radical (unpaired) electrons. The first-order valence-electron chi connectivity index (χ1n) is 3.49. The highest BCUT2D eigenvalue weighted by atomic mass is 79.9. The standard InChI is InChI=1S/C8H5BrF2O3/c9-5-3(7(12)8(13)14)1-2-4(10)6(5)11/h1-2,7,12H,(H,13,14). The third-order valence-electron chi connectivity index (χ3n) is 1.59. The molecule has 1 unspecified atom stereocenters. The molecule has 76 valence electrons. The number of rotatable bonds is 2. The summed E-state index contributed by atoms with van der Waals surface area (Å²) in [7, 11) is 0. The van der Waals surface area contributed by atoms with Crippen LogP contribution in [0.25, 0.3) is 0 Å². The molecule has 1 aromatic carbocycles. The van der Waals surface area contributed by atoms with E-state index in [-0.39, 0.29) is 10.0 Å². The van der Waals surface area contributed by atoms with Crippen LogP contribution in [0.2, 0.25) is 0 Å². The van der Waals surface area contributed by atoms with E-state index in [1.54, 1.807) is 0 Å². The van der Waals surface area contributed by atoms with Crippen LogP contribution >= 0.6 is 15.9 Å². The molecule has 0 saturated carbocycles. The zero-order chi connectivity index (χ0) is 10.9. The van der Waals surface area contributed by atoms with Crippen molar-refractivity contribution in [2.75, 3.05) is 0 Å². The van der Waals surface area contributed by atoms with Gasteiger partial charge in [-0.1, -0.05) is 6.07 Å². The molecular weight excluding hydrogens is 262 g/mol. The molecule has 14 heavy (non-hydrogen) atoms. The summed E-state index contributed by atoms with van der Waals surface area (Å²) < 4.78 is 25.1. The van der Waals surface area contributed by atoms with Crippen LogP contribution in [-0.4, -0.2) is 16.2 Å². The first kappa shape index (κ1) is 11.1. The zero-order valence-electron chi connectivity index (χ0n) is 6.67. The Hall–Kier alpha value is -1.01. The van der Waals surface area contributed by atoms with Crippen LogP contribution < -0.4 is 0 Å². The normalized spacial score (nSPS) is 12.6. The van der Waals surface area contributed by atoms with Gasteiger partial charge in [0, 0.05) is 5.56 Å². The molecule has 0 amide bonds. The summed E-state index contributed by atoms with van der Waals surface area (Å²) in [4.78, 5) is 10.4. The molecule has 2 N–H and O–H groups in total. The molecule has 3 nitrogen and oxygen atoms in total. The van der Waals surface area contributed by atoms with Gasteiger partial charge in [0.2, 0.25) is 0 Å². The van der Waals surface area contributed by atoms with Crippen LogP contribution in [0, 0.1) is 11.6 Å². The third-order valence-corrected chi connectivity index (χ3v) is 2.40. The lowest BCUT2D eigenvalue weighted by Crippen LogP contribution is -2.12. The van der Waals surface area contributed by atoms with Crippen molar-refractivity contribution in [2.45, 2.75) is 6.10 Å². The Labute approximate surface area is 86.1 Å². The number of aliphatic hydroxyl groups is 1. The summed E-state index contributed by atoms with van der Waals surface area (Å²) in [5, 5.41) is 17.5. The van der Waals surface area contributed by atoms with E-state index in [1.165, 1.54) is 0 Å². The van der Waals surface area contributed by atoms with Gasteiger partial charge >= 0.3 is 5.97 Å². The van der Waals surface area contributed by atoms with Crippen molar-refractivity contribution in [1.29, 1.82) is 0 Å². The fraction of sp³-hybridized carbons (Fsp3) is 0.125. The summed E-state index contributed by atoms with van der Waals surface area (Å²) in [5.74, 6) is -3.86. The monoisotopic (exact) mass is 266 g/mol. The van der Waals surface area contributed by atoms with E-state index in [1.807, 2.05) is 0 Å². The van der Waals surface area contributed by atoms with Crippen molar-refractivity contribution < 1.29 is 23.8 Å². The van der Waals surface area contributed by atoms with Crippen molar-refractivity contribution in [3.8, 4) is 0 Å². The molecule has 0 spiro atoms. The molecule has 1 atom stereocenters. The predicted octanol–water partition coefficient (Wildman–Crippen LogP) is 1.85. The number of hydrogen-bond donors (Lipinski definition) is 2. The average Bonchev–Trinajstić information content (AvgIpc) is 2.13. The summed E-state index contributed by atoms with van der Waals surface area (Å²) in [6.07, 6.45) is -1.88. The van der Waals surface area contributed by atoms with Gasteiger partial charge in [-0.25, -0.2) is 13.6 Å². The van der Waals surface area contributed by atoms with Crippen molar-refractivity contribution in [2.24, 2.45) is 0 Å². The van der Waals surface area contributed by atoms with Crippen molar-refractivity contribution in [3.63, 3.8) is 0 Å². The summed E-state index contributed by atoms with van der Waals surface area (Å²) >= 11 is 2.66. The third kappa shape index (κ3) is 1.91. The van der Waals surface area contributed by atoms with Gasteiger partial charge < -0.3 is 10.2 Å². The molecular formula is C8H5BrF2O3. The molecule has 0 heterocycles. The molecule has 1 rings (SSSR count). The lowest BCUT2D eigenvalue weighted by atomic mass is 10.1. The molecule has 0 saturated heterocycles. The van der Waals surface area contributed by atoms with Crippen LogP contribution in [0.5, 0.6) is 0 Å². The SMILES string of the molecule is O=C(O)C(O)c1ccc(F)c(F)c1Br. The summed E-state index contributed by atoms with van der Waals surface area (Å²) in [5.41, 5.74) is -0.226. The summed E-state index contributed by atoms with van der Waals surface area (Å²) in [6, 6.07) is 1.75. The van der Waals surface area contributed by atoms with Gasteiger partial charge in [0.1, 0.15) is 0 Å². The van der Waals surface area contributed by atoms with Crippen LogP contribution in [-0.2, 0) is 4.79 Å². The minimum absolute atomic E-state index is 0.226. The van der Waals surface area contributed by atoms with E-state index >= 15 is 0 Å². The highest BCUT2D eigenvalue weighted by molar-refractivity contribution is 9.10. The van der Waals surface area contributed by atoms with Crippen LogP contribution in [0.3, 0.4) is 0 Å². The predicted molar refractivity (Wildman–Crippen MR) is 46.7 cm³/mol. The van der Waals surface area contributed by atoms with E-state index in [2.05, 4.69) is 15.9 Å². The van der Waals surface area contributed by atoms with Crippen LogP contribution in [0.4, 0.5) is 8.78 Å². The Morgan fingerprint density at radius 3 is 2.50 bits per heavy atom. The molecule has 0 aliphatic carbocycles. The molecule has 0 aliphatic rings. The molecule has 0 aliphatic heterocycles. The molecule has 0 bridgehead atoms. The van der Waals surface area contributed by atoms with Gasteiger partial charge in [0.25, 0.3) is 0 Å². The Morgan fingerprint density at radius 2 is 2.00 bits per heavy atom. The number of carboxylic acid groups (broad SMARTS) is 1.